The lowest BCUT2D eigenvalue weighted by molar-refractivity contribution is -0.142. The zero-order chi connectivity index (χ0) is 35.5. The highest BCUT2D eigenvalue weighted by Crippen LogP contribution is 2.52. The number of halogens is 6. The summed E-state index contributed by atoms with van der Waals surface area (Å²) in [6, 6.07) is 5.34. The van der Waals surface area contributed by atoms with Crippen LogP contribution in [-0.4, -0.2) is 78.2 Å². The van der Waals surface area contributed by atoms with Gasteiger partial charge in [0.25, 0.3) is 5.88 Å². The van der Waals surface area contributed by atoms with Crippen LogP contribution in [-0.2, 0) is 34.9 Å². The van der Waals surface area contributed by atoms with E-state index in [1.54, 1.807) is 0 Å². The smallest absolute Gasteiger partial charge is 0.493 e. The van der Waals surface area contributed by atoms with Crippen molar-refractivity contribution in [3.05, 3.63) is 36.0 Å². The van der Waals surface area contributed by atoms with Gasteiger partial charge in [-0.1, -0.05) is 0 Å². The molecule has 0 spiro atoms. The van der Waals surface area contributed by atoms with E-state index in [0.717, 1.165) is 0 Å². The largest absolute Gasteiger partial charge is 0.534 e. The van der Waals surface area contributed by atoms with Crippen molar-refractivity contribution in [3.63, 3.8) is 0 Å². The summed E-state index contributed by atoms with van der Waals surface area (Å²) in [6.07, 6.45) is -5.69. The molecule has 0 amide bonds. The Bertz CT molecular complexity index is 1890. The molecule has 2 aromatic heterocycles. The van der Waals surface area contributed by atoms with Crippen molar-refractivity contribution < 1.29 is 67.0 Å². The molecule has 48 heavy (non-hydrogen) atoms. The molecule has 3 atom stereocenters. The third kappa shape index (κ3) is 5.46. The van der Waals surface area contributed by atoms with Crippen LogP contribution < -0.4 is 13.7 Å². The Morgan fingerprint density at radius 1 is 0.896 bits per heavy atom. The highest BCUT2D eigenvalue weighted by molar-refractivity contribution is 7.87. The lowest BCUT2D eigenvalue weighted by atomic mass is 9.49. The predicted molar refractivity (Wildman–Crippen MR) is 155 cm³/mol. The van der Waals surface area contributed by atoms with Crippen LogP contribution in [0.1, 0.15) is 53.7 Å². The monoisotopic (exact) mass is 707 g/mol. The lowest BCUT2D eigenvalue weighted by Crippen LogP contribution is -2.60. The zero-order valence-electron chi connectivity index (χ0n) is 26.5. The SMILES string of the molecule is COc1ccc(-c2cc(C(F)(F)F)n3nc(OS(=O)(=O)C(F)(F)F)cc3n2)cc1OC1CC2(C)OB(OC2(C)C)B2OC(C)(C)C1(C)O2. The molecule has 3 aliphatic rings. The van der Waals surface area contributed by atoms with Gasteiger partial charge in [-0.05, 0) is 65.8 Å². The number of nitrogens with zero attached hydrogens (tertiary/aromatic N) is 3. The molecule has 21 heteroatoms. The molecular formula is C27H29B2F6N3O9S. The van der Waals surface area contributed by atoms with Gasteiger partial charge in [-0.25, -0.2) is 9.50 Å². The Kier molecular flexibility index (Phi) is 7.65. The second-order valence-electron chi connectivity index (χ2n) is 13.0. The second kappa shape index (κ2) is 10.6. The van der Waals surface area contributed by atoms with E-state index < -0.39 is 81.6 Å². The van der Waals surface area contributed by atoms with E-state index in [4.69, 9.17) is 28.1 Å². The van der Waals surface area contributed by atoms with Gasteiger partial charge in [0, 0.05) is 18.1 Å². The summed E-state index contributed by atoms with van der Waals surface area (Å²) >= 11 is 0. The van der Waals surface area contributed by atoms with E-state index in [1.807, 2.05) is 41.5 Å². The molecule has 0 N–H and O–H groups in total. The lowest BCUT2D eigenvalue weighted by Gasteiger charge is -2.47. The molecule has 3 unspecified atom stereocenters. The fourth-order valence-electron chi connectivity index (χ4n) is 5.92. The van der Waals surface area contributed by atoms with Gasteiger partial charge in [-0.3, -0.25) is 0 Å². The van der Waals surface area contributed by atoms with E-state index in [0.29, 0.717) is 12.1 Å². The quantitative estimate of drug-likeness (QED) is 0.148. The molecule has 6 rings (SSSR count). The average Bonchev–Trinajstić information content (AvgIpc) is 3.54. The Balaban J connectivity index is 1.43. The van der Waals surface area contributed by atoms with Gasteiger partial charge in [-0.15, -0.1) is 5.10 Å². The van der Waals surface area contributed by atoms with Gasteiger partial charge in [0.1, 0.15) is 11.7 Å². The Hall–Kier alpha value is -3.26. The molecular weight excluding hydrogens is 678 g/mol. The third-order valence-electron chi connectivity index (χ3n) is 9.34. The molecule has 3 fully saturated rings. The molecule has 260 valence electrons. The van der Waals surface area contributed by atoms with Crippen molar-refractivity contribution >= 4 is 29.8 Å². The van der Waals surface area contributed by atoms with Crippen molar-refractivity contribution in [2.24, 2.45) is 0 Å². The molecule has 0 saturated carbocycles. The Labute approximate surface area is 271 Å². The van der Waals surface area contributed by atoms with Gasteiger partial charge in [0.2, 0.25) is 0 Å². The van der Waals surface area contributed by atoms with Crippen LogP contribution in [0.25, 0.3) is 16.9 Å². The van der Waals surface area contributed by atoms with E-state index in [1.165, 1.54) is 25.3 Å². The maximum absolute atomic E-state index is 14.2. The number of aromatic nitrogens is 3. The second-order valence-corrected chi connectivity index (χ2v) is 14.5. The molecule has 4 bridgehead atoms. The number of hydrogen-bond acceptors (Lipinski definition) is 11. The number of rotatable bonds is 6. The van der Waals surface area contributed by atoms with Crippen molar-refractivity contribution in [3.8, 4) is 28.6 Å². The van der Waals surface area contributed by atoms with Gasteiger partial charge in [-0.2, -0.15) is 34.8 Å². The van der Waals surface area contributed by atoms with Crippen LogP contribution in [0.4, 0.5) is 26.3 Å². The summed E-state index contributed by atoms with van der Waals surface area (Å²) in [5, 5.41) is 3.27. The minimum atomic E-state index is -6.22. The van der Waals surface area contributed by atoms with Gasteiger partial charge in [0.15, 0.2) is 22.8 Å². The third-order valence-corrected chi connectivity index (χ3v) is 10.3. The normalized spacial score (nSPS) is 26.8. The fraction of sp³-hybridized carbons (Fsp3) is 0.556. The van der Waals surface area contributed by atoms with Crippen molar-refractivity contribution in [2.75, 3.05) is 7.11 Å². The molecule has 3 aliphatic heterocycles. The van der Waals surface area contributed by atoms with Crippen molar-refractivity contribution in [1.82, 2.24) is 14.6 Å². The first-order valence-corrected chi connectivity index (χ1v) is 15.9. The minimum absolute atomic E-state index is 0.0779. The summed E-state index contributed by atoms with van der Waals surface area (Å²) in [6.45, 7) is 11.1. The Morgan fingerprint density at radius 2 is 1.54 bits per heavy atom. The summed E-state index contributed by atoms with van der Waals surface area (Å²) in [5.41, 5.74) is -11.9. The number of alkyl halides is 6. The summed E-state index contributed by atoms with van der Waals surface area (Å²) in [5.74, 6) is -0.973. The molecule has 0 radical (unpaired) electrons. The van der Waals surface area contributed by atoms with E-state index in [2.05, 4.69) is 14.3 Å². The van der Waals surface area contributed by atoms with Crippen LogP contribution >= 0.6 is 0 Å². The number of methoxy groups -OCH3 is 1. The number of fused-ring (bicyclic) bond motifs is 6. The van der Waals surface area contributed by atoms with Crippen LogP contribution in [0.3, 0.4) is 0 Å². The molecule has 12 nitrogen and oxygen atoms in total. The van der Waals surface area contributed by atoms with E-state index in [9.17, 15) is 34.8 Å². The van der Waals surface area contributed by atoms with Crippen LogP contribution in [0.2, 0.25) is 0 Å². The molecule has 3 saturated heterocycles. The summed E-state index contributed by atoms with van der Waals surface area (Å²) < 4.78 is 145. The highest BCUT2D eigenvalue weighted by atomic mass is 32.2. The van der Waals surface area contributed by atoms with Crippen LogP contribution in [0, 0.1) is 0 Å². The van der Waals surface area contributed by atoms with Gasteiger partial charge < -0.3 is 32.3 Å². The van der Waals surface area contributed by atoms with E-state index in [-0.39, 0.29) is 33.7 Å². The average molecular weight is 707 g/mol. The van der Waals surface area contributed by atoms with Gasteiger partial charge >= 0.3 is 35.8 Å². The van der Waals surface area contributed by atoms with Crippen molar-refractivity contribution in [1.29, 1.82) is 0 Å². The predicted octanol–water partition coefficient (Wildman–Crippen LogP) is 5.03. The Morgan fingerprint density at radius 3 is 2.17 bits per heavy atom. The number of hydrogen-bond donors (Lipinski definition) is 0. The first-order chi connectivity index (χ1) is 21.9. The first-order valence-electron chi connectivity index (χ1n) is 14.4. The standard InChI is InChI=1S/C27H29B2F6N3O9S/c1-22(2)24(5)13-19(25(6)23(3,4)45-29(47-25)28(44-22)46-24)42-17-10-14(8-9-16(17)41-7)15-11-18(26(30,31)32)38-20(36-15)12-21(37-38)43-48(39,40)27(33,34)35/h8-12,19H,13H2,1-7H3. The summed E-state index contributed by atoms with van der Waals surface area (Å²) in [4.78, 5) is 4.11. The number of benzene rings is 1. The van der Waals surface area contributed by atoms with Crippen LogP contribution in [0.15, 0.2) is 30.3 Å². The van der Waals surface area contributed by atoms with Crippen molar-refractivity contribution in [2.45, 2.75) is 88.2 Å². The maximum Gasteiger partial charge on any atom is 0.534 e. The van der Waals surface area contributed by atoms with Crippen LogP contribution in [0.5, 0.6) is 17.4 Å². The fourth-order valence-corrected chi connectivity index (χ4v) is 6.32. The highest BCUT2D eigenvalue weighted by Gasteiger charge is 2.71. The van der Waals surface area contributed by atoms with E-state index >= 15 is 0 Å². The van der Waals surface area contributed by atoms with Gasteiger partial charge in [0.05, 0.1) is 29.6 Å². The number of ether oxygens (including phenoxy) is 2. The first kappa shape index (κ1) is 34.6. The minimum Gasteiger partial charge on any atom is -0.493 e. The molecule has 5 heterocycles. The molecule has 1 aromatic carbocycles. The molecule has 0 aliphatic carbocycles. The maximum atomic E-state index is 14.2. The molecule has 3 aromatic rings. The zero-order valence-corrected chi connectivity index (χ0v) is 27.3. The topological polar surface area (TPSA) is 129 Å². The summed E-state index contributed by atoms with van der Waals surface area (Å²) in [7, 11) is -6.55.